The van der Waals surface area contributed by atoms with Crippen molar-refractivity contribution >= 4 is 9.84 Å². The van der Waals surface area contributed by atoms with E-state index in [4.69, 9.17) is 0 Å². The minimum absolute atomic E-state index is 0.0569. The Labute approximate surface area is 134 Å². The number of hydrogen-bond donors (Lipinski definition) is 0. The van der Waals surface area contributed by atoms with E-state index in [0.29, 0.717) is 5.56 Å². The lowest BCUT2D eigenvalue weighted by atomic mass is 10.0. The van der Waals surface area contributed by atoms with Crippen LogP contribution < -0.4 is 0 Å². The second-order valence-corrected chi connectivity index (χ2v) is 7.50. The zero-order valence-corrected chi connectivity index (χ0v) is 13.7. The van der Waals surface area contributed by atoms with Crippen molar-refractivity contribution in [1.82, 2.24) is 4.90 Å². The lowest BCUT2D eigenvalue weighted by Crippen LogP contribution is -2.32. The molecule has 1 aliphatic rings. The molecule has 1 aromatic rings. The molecule has 1 atom stereocenters. The summed E-state index contributed by atoms with van der Waals surface area (Å²) < 4.78 is 61.4. The second kappa shape index (κ2) is 7.05. The van der Waals surface area contributed by atoms with Crippen molar-refractivity contribution in [1.29, 1.82) is 0 Å². The minimum Gasteiger partial charge on any atom is -0.297 e. The van der Waals surface area contributed by atoms with E-state index in [1.165, 1.54) is 12.1 Å². The summed E-state index contributed by atoms with van der Waals surface area (Å²) in [5.41, 5.74) is 0.543. The van der Waals surface area contributed by atoms with Gasteiger partial charge in [0.1, 0.15) is 0 Å². The van der Waals surface area contributed by atoms with Gasteiger partial charge in [-0.05, 0) is 44.5 Å². The van der Waals surface area contributed by atoms with Gasteiger partial charge in [0.15, 0.2) is 9.84 Å². The molecule has 1 saturated heterocycles. The number of nitrogens with zero attached hydrogens (tertiary/aromatic N) is 1. The number of piperidine rings is 1. The first-order chi connectivity index (χ1) is 10.7. The highest BCUT2D eigenvalue weighted by molar-refractivity contribution is 7.94. The van der Waals surface area contributed by atoms with E-state index in [-0.39, 0.29) is 22.4 Å². The van der Waals surface area contributed by atoms with Gasteiger partial charge in [0.2, 0.25) is 0 Å². The molecule has 1 aliphatic heterocycles. The van der Waals surface area contributed by atoms with Gasteiger partial charge in [0.25, 0.3) is 0 Å². The van der Waals surface area contributed by atoms with Crippen molar-refractivity contribution in [2.45, 2.75) is 43.3 Å². The number of hydrogen-bond acceptors (Lipinski definition) is 3. The Hall–Kier alpha value is -1.34. The molecular weight excluding hydrogens is 327 g/mol. The van der Waals surface area contributed by atoms with E-state index in [2.05, 4.69) is 4.90 Å². The van der Waals surface area contributed by atoms with Gasteiger partial charge in [0.05, 0.1) is 4.90 Å². The molecule has 0 saturated carbocycles. The van der Waals surface area contributed by atoms with Gasteiger partial charge < -0.3 is 0 Å². The van der Waals surface area contributed by atoms with Gasteiger partial charge in [-0.3, -0.25) is 4.90 Å². The highest BCUT2D eigenvalue weighted by atomic mass is 32.2. The smallest absolute Gasteiger partial charge is 0.297 e. The maximum atomic E-state index is 12.3. The van der Waals surface area contributed by atoms with Crippen LogP contribution in [0.4, 0.5) is 13.2 Å². The Morgan fingerprint density at radius 1 is 1.13 bits per heavy atom. The Kier molecular flexibility index (Phi) is 5.52. The predicted octanol–water partition coefficient (Wildman–Crippen LogP) is 4.08. The van der Waals surface area contributed by atoms with Crippen LogP contribution in [0.5, 0.6) is 0 Å². The molecule has 0 spiro atoms. The number of likely N-dealkylation sites (tertiary alicyclic amines) is 1. The van der Waals surface area contributed by atoms with E-state index in [1.54, 1.807) is 12.1 Å². The maximum absolute atomic E-state index is 12.3. The van der Waals surface area contributed by atoms with Crippen LogP contribution in [0.2, 0.25) is 0 Å². The van der Waals surface area contributed by atoms with Crippen LogP contribution in [0, 0.1) is 0 Å². The normalized spacial score (nSPS) is 19.1. The molecule has 0 amide bonds. The first-order valence-electron chi connectivity index (χ1n) is 7.55. The van der Waals surface area contributed by atoms with Crippen molar-refractivity contribution in [2.24, 2.45) is 0 Å². The van der Waals surface area contributed by atoms with Crippen LogP contribution in [0.1, 0.15) is 37.8 Å². The largest absolute Gasteiger partial charge is 0.410 e. The average Bonchev–Trinajstić information content (AvgIpc) is 2.53. The Morgan fingerprint density at radius 2 is 1.74 bits per heavy atom. The molecule has 1 fully saturated rings. The van der Waals surface area contributed by atoms with E-state index >= 15 is 0 Å². The molecule has 0 aliphatic carbocycles. The van der Waals surface area contributed by atoms with Crippen molar-refractivity contribution < 1.29 is 21.6 Å². The summed E-state index contributed by atoms with van der Waals surface area (Å²) >= 11 is 0. The first-order valence-corrected chi connectivity index (χ1v) is 9.09. The summed E-state index contributed by atoms with van der Waals surface area (Å²) in [5.74, 6) is 0. The summed E-state index contributed by atoms with van der Waals surface area (Å²) in [5, 5.41) is 0.245. The fraction of sp³-hybridized carbons (Fsp3) is 0.500. The molecule has 0 bridgehead atoms. The van der Waals surface area contributed by atoms with Gasteiger partial charge in [-0.1, -0.05) is 24.6 Å². The lowest BCUT2D eigenvalue weighted by Gasteiger charge is -2.33. The molecule has 7 heteroatoms. The van der Waals surface area contributed by atoms with Crippen molar-refractivity contribution in [3.63, 3.8) is 0 Å². The van der Waals surface area contributed by atoms with Crippen LogP contribution in [0.25, 0.3) is 0 Å². The predicted molar refractivity (Wildman–Crippen MR) is 82.7 cm³/mol. The molecule has 2 rings (SSSR count). The average molecular weight is 347 g/mol. The summed E-state index contributed by atoms with van der Waals surface area (Å²) in [7, 11) is -4.14. The van der Waals surface area contributed by atoms with E-state index < -0.39 is 16.0 Å². The van der Waals surface area contributed by atoms with Crippen LogP contribution in [-0.2, 0) is 9.84 Å². The zero-order chi connectivity index (χ0) is 17.1. The number of rotatable bonds is 4. The number of benzene rings is 1. The Morgan fingerprint density at radius 3 is 2.35 bits per heavy atom. The highest BCUT2D eigenvalue weighted by Gasteiger charge is 2.27. The van der Waals surface area contributed by atoms with E-state index in [0.717, 1.165) is 32.4 Å². The molecular formula is C16H20F3NO2S. The molecule has 0 radical (unpaired) electrons. The minimum atomic E-state index is -4.65. The Bertz CT molecular complexity index is 662. The molecule has 0 N–H and O–H groups in total. The van der Waals surface area contributed by atoms with Gasteiger partial charge >= 0.3 is 6.18 Å². The van der Waals surface area contributed by atoms with Crippen LogP contribution in [-0.4, -0.2) is 32.6 Å². The van der Waals surface area contributed by atoms with Crippen molar-refractivity contribution in [3.05, 3.63) is 41.3 Å². The summed E-state index contributed by atoms with van der Waals surface area (Å²) in [6.45, 7) is 3.63. The van der Waals surface area contributed by atoms with Gasteiger partial charge in [0, 0.05) is 17.5 Å². The van der Waals surface area contributed by atoms with Crippen molar-refractivity contribution in [3.8, 4) is 0 Å². The highest BCUT2D eigenvalue weighted by Crippen LogP contribution is 2.30. The first kappa shape index (κ1) is 18.0. The summed E-state index contributed by atoms with van der Waals surface area (Å²) in [6, 6.07) is 6.13. The fourth-order valence-corrected chi connectivity index (χ4v) is 4.14. The monoisotopic (exact) mass is 347 g/mol. The van der Waals surface area contributed by atoms with E-state index in [9.17, 15) is 21.6 Å². The SMILES string of the molecule is C[C@@H](c1ccccc1S(=O)(=O)/C=C/C(F)(F)F)N1CCCCC1. The molecule has 0 unspecified atom stereocenters. The number of allylic oxidation sites excluding steroid dienone is 1. The third-order valence-corrected chi connectivity index (χ3v) is 5.53. The number of halogens is 3. The van der Waals surface area contributed by atoms with Gasteiger partial charge in [-0.2, -0.15) is 13.2 Å². The molecule has 0 aromatic heterocycles. The standard InChI is InChI=1S/C16H20F3NO2S/c1-13(20-10-5-2-6-11-20)14-7-3-4-8-15(14)23(21,22)12-9-16(17,18)19/h3-4,7-9,12-13H,2,5-6,10-11H2,1H3/b12-9+/t13-/m0/s1. The van der Waals surface area contributed by atoms with Crippen LogP contribution in [0.3, 0.4) is 0 Å². The van der Waals surface area contributed by atoms with Crippen LogP contribution in [0.15, 0.2) is 40.6 Å². The summed E-state index contributed by atoms with van der Waals surface area (Å²) in [4.78, 5) is 2.12. The van der Waals surface area contributed by atoms with Crippen LogP contribution >= 0.6 is 0 Å². The zero-order valence-electron chi connectivity index (χ0n) is 12.9. The third-order valence-electron chi connectivity index (χ3n) is 4.05. The number of sulfone groups is 1. The molecule has 128 valence electrons. The lowest BCUT2D eigenvalue weighted by molar-refractivity contribution is -0.0797. The third kappa shape index (κ3) is 4.81. The van der Waals surface area contributed by atoms with Crippen molar-refractivity contribution in [2.75, 3.05) is 13.1 Å². The van der Waals surface area contributed by atoms with Gasteiger partial charge in [-0.15, -0.1) is 0 Å². The summed E-state index contributed by atoms with van der Waals surface area (Å²) in [6.07, 6.45) is -1.64. The fourth-order valence-electron chi connectivity index (χ4n) is 2.83. The maximum Gasteiger partial charge on any atom is 0.410 e. The molecule has 23 heavy (non-hydrogen) atoms. The molecule has 1 aromatic carbocycles. The number of alkyl halides is 3. The molecule has 1 heterocycles. The molecule has 3 nitrogen and oxygen atoms in total. The second-order valence-electron chi connectivity index (χ2n) is 5.70. The topological polar surface area (TPSA) is 37.4 Å². The van der Waals surface area contributed by atoms with Gasteiger partial charge in [-0.25, -0.2) is 8.42 Å². The van der Waals surface area contributed by atoms with E-state index in [1.807, 2.05) is 6.92 Å². The Balaban J connectivity index is 2.35. The quantitative estimate of drug-likeness (QED) is 0.823.